The average Bonchev–Trinajstić information content (AvgIpc) is 3.02. The predicted octanol–water partition coefficient (Wildman–Crippen LogP) is 2.41. The number of halogens is 1. The third kappa shape index (κ3) is 4.25. The molecule has 0 fully saturated rings. The fraction of sp³-hybridized carbons (Fsp3) is 0.500. The Bertz CT molecular complexity index is 515. The van der Waals surface area contributed by atoms with E-state index in [1.165, 1.54) is 4.88 Å². The average molecular weight is 365 g/mol. The highest BCUT2D eigenvalue weighted by Crippen LogP contribution is 2.26. The lowest BCUT2D eigenvalue weighted by Gasteiger charge is -2.13. The second kappa shape index (κ2) is 7.34. The summed E-state index contributed by atoms with van der Waals surface area (Å²) in [7, 11) is 3.18. The number of ether oxygens (including phenoxy) is 2. The van der Waals surface area contributed by atoms with Crippen molar-refractivity contribution in [3.8, 4) is 0 Å². The Kier molecular flexibility index (Phi) is 5.76. The quantitative estimate of drug-likeness (QED) is 0.555. The van der Waals surface area contributed by atoms with Gasteiger partial charge in [0, 0.05) is 34.7 Å². The third-order valence-electron chi connectivity index (χ3n) is 2.31. The molecule has 0 saturated heterocycles. The fourth-order valence-corrected chi connectivity index (χ4v) is 3.76. The summed E-state index contributed by atoms with van der Waals surface area (Å²) < 4.78 is 13.1. The van der Waals surface area contributed by atoms with Crippen LogP contribution in [0.2, 0.25) is 0 Å². The van der Waals surface area contributed by atoms with Gasteiger partial charge in [0.15, 0.2) is 6.29 Å². The summed E-state index contributed by atoms with van der Waals surface area (Å²) in [4.78, 5) is 1.27. The van der Waals surface area contributed by atoms with Gasteiger partial charge in [0.25, 0.3) is 0 Å². The van der Waals surface area contributed by atoms with Crippen LogP contribution in [0.3, 0.4) is 0 Å². The molecule has 0 aliphatic rings. The topological polar surface area (TPSA) is 62.1 Å². The highest BCUT2D eigenvalue weighted by molar-refractivity contribution is 9.10. The molecule has 2 heterocycles. The Morgan fingerprint density at radius 2 is 2.26 bits per heavy atom. The summed E-state index contributed by atoms with van der Waals surface area (Å²) in [5.41, 5.74) is 0. The van der Waals surface area contributed by atoms with Crippen LogP contribution in [0.5, 0.6) is 0 Å². The lowest BCUT2D eigenvalue weighted by molar-refractivity contribution is -0.113. The van der Waals surface area contributed by atoms with Crippen LogP contribution in [0.1, 0.15) is 4.88 Å². The maximum atomic E-state index is 5.14. The molecule has 0 N–H and O–H groups in total. The molecule has 0 aliphatic carbocycles. The summed E-state index contributed by atoms with van der Waals surface area (Å²) in [5, 5.41) is 14.4. The van der Waals surface area contributed by atoms with Crippen molar-refractivity contribution < 1.29 is 9.47 Å². The van der Waals surface area contributed by atoms with Gasteiger partial charge in [-0.3, -0.25) is 0 Å². The van der Waals surface area contributed by atoms with Crippen molar-refractivity contribution >= 4 is 39.0 Å². The van der Waals surface area contributed by atoms with Crippen LogP contribution >= 0.6 is 39.0 Å². The van der Waals surface area contributed by atoms with E-state index in [1.807, 2.05) is 0 Å². The first-order chi connectivity index (χ1) is 9.22. The number of hydrogen-bond donors (Lipinski definition) is 0. The first-order valence-electron chi connectivity index (χ1n) is 5.40. The SMILES string of the molecule is COC(Cn1nnnc1SCc1cc(Br)cs1)OC. The number of thioether (sulfide) groups is 1. The summed E-state index contributed by atoms with van der Waals surface area (Å²) in [6.45, 7) is 0.469. The molecular formula is C10H13BrN4O2S2. The number of hydrogen-bond acceptors (Lipinski definition) is 7. The molecule has 6 nitrogen and oxygen atoms in total. The Labute approximate surface area is 127 Å². The predicted molar refractivity (Wildman–Crippen MR) is 77.2 cm³/mol. The Morgan fingerprint density at radius 3 is 2.89 bits per heavy atom. The first kappa shape index (κ1) is 14.9. The minimum absolute atomic E-state index is 0.348. The summed E-state index contributed by atoms with van der Waals surface area (Å²) in [5.74, 6) is 0.835. The molecule has 2 rings (SSSR count). The van der Waals surface area contributed by atoms with Gasteiger partial charge in [-0.1, -0.05) is 11.8 Å². The van der Waals surface area contributed by atoms with Crippen molar-refractivity contribution in [1.82, 2.24) is 20.2 Å². The monoisotopic (exact) mass is 364 g/mol. The van der Waals surface area contributed by atoms with Crippen molar-refractivity contribution in [2.75, 3.05) is 14.2 Å². The molecule has 0 spiro atoms. The molecule has 0 bridgehead atoms. The summed E-state index contributed by atoms with van der Waals surface area (Å²) in [6, 6.07) is 2.10. The lowest BCUT2D eigenvalue weighted by Crippen LogP contribution is -2.21. The van der Waals surface area contributed by atoms with E-state index >= 15 is 0 Å². The molecule has 0 amide bonds. The van der Waals surface area contributed by atoms with Crippen molar-refractivity contribution in [1.29, 1.82) is 0 Å². The minimum atomic E-state index is -0.348. The largest absolute Gasteiger partial charge is 0.354 e. The molecule has 0 unspecified atom stereocenters. The van der Waals surface area contributed by atoms with Gasteiger partial charge in [-0.15, -0.1) is 16.4 Å². The Morgan fingerprint density at radius 1 is 1.47 bits per heavy atom. The van der Waals surface area contributed by atoms with Crippen LogP contribution in [0, 0.1) is 0 Å². The third-order valence-corrected chi connectivity index (χ3v) is 5.20. The summed E-state index contributed by atoms with van der Waals surface area (Å²) >= 11 is 6.73. The van der Waals surface area contributed by atoms with Crippen LogP contribution in [0.15, 0.2) is 21.1 Å². The van der Waals surface area contributed by atoms with Crippen molar-refractivity contribution in [3.63, 3.8) is 0 Å². The van der Waals surface area contributed by atoms with Crippen LogP contribution in [-0.2, 0) is 21.8 Å². The molecule has 2 aromatic rings. The van der Waals surface area contributed by atoms with Gasteiger partial charge < -0.3 is 9.47 Å². The van der Waals surface area contributed by atoms with Crippen LogP contribution < -0.4 is 0 Å². The molecule has 0 aliphatic heterocycles. The van der Waals surface area contributed by atoms with Gasteiger partial charge >= 0.3 is 0 Å². The van der Waals surface area contributed by atoms with Gasteiger partial charge in [0.2, 0.25) is 5.16 Å². The molecule has 104 valence electrons. The van der Waals surface area contributed by atoms with E-state index < -0.39 is 0 Å². The van der Waals surface area contributed by atoms with Crippen molar-refractivity contribution in [2.45, 2.75) is 23.7 Å². The van der Waals surface area contributed by atoms with E-state index in [1.54, 1.807) is 42.0 Å². The van der Waals surface area contributed by atoms with Gasteiger partial charge in [-0.2, -0.15) is 0 Å². The highest BCUT2D eigenvalue weighted by atomic mass is 79.9. The van der Waals surface area contributed by atoms with E-state index in [2.05, 4.69) is 42.9 Å². The van der Waals surface area contributed by atoms with Crippen molar-refractivity contribution in [3.05, 3.63) is 20.8 Å². The number of nitrogens with zero attached hydrogens (tertiary/aromatic N) is 4. The van der Waals surface area contributed by atoms with Crippen LogP contribution in [0.4, 0.5) is 0 Å². The van der Waals surface area contributed by atoms with E-state index in [4.69, 9.17) is 9.47 Å². The molecule has 19 heavy (non-hydrogen) atoms. The second-order valence-corrected chi connectivity index (χ2v) is 6.42. The maximum absolute atomic E-state index is 5.14. The van der Waals surface area contributed by atoms with Crippen LogP contribution in [0.25, 0.3) is 0 Å². The van der Waals surface area contributed by atoms with E-state index in [-0.39, 0.29) is 6.29 Å². The molecule has 0 aromatic carbocycles. The van der Waals surface area contributed by atoms with Gasteiger partial charge in [0.1, 0.15) is 0 Å². The number of aromatic nitrogens is 4. The minimum Gasteiger partial charge on any atom is -0.354 e. The Hall–Kier alpha value is -0.480. The molecule has 0 atom stereocenters. The molecule has 2 aromatic heterocycles. The number of rotatable bonds is 7. The van der Waals surface area contributed by atoms with Gasteiger partial charge in [-0.05, 0) is 32.4 Å². The van der Waals surface area contributed by atoms with E-state index in [0.29, 0.717) is 6.54 Å². The van der Waals surface area contributed by atoms with Gasteiger partial charge in [-0.25, -0.2) is 4.68 Å². The molecule has 0 saturated carbocycles. The number of thiophene rings is 1. The fourth-order valence-electron chi connectivity index (χ4n) is 1.37. The van der Waals surface area contributed by atoms with E-state index in [0.717, 1.165) is 15.4 Å². The molecule has 0 radical (unpaired) electrons. The lowest BCUT2D eigenvalue weighted by atomic mass is 10.5. The normalized spacial score (nSPS) is 11.4. The molecule has 9 heteroatoms. The zero-order chi connectivity index (χ0) is 13.7. The smallest absolute Gasteiger partial charge is 0.209 e. The number of tetrazole rings is 1. The zero-order valence-corrected chi connectivity index (χ0v) is 13.7. The highest BCUT2D eigenvalue weighted by Gasteiger charge is 2.13. The summed E-state index contributed by atoms with van der Waals surface area (Å²) in [6.07, 6.45) is -0.348. The number of methoxy groups -OCH3 is 2. The van der Waals surface area contributed by atoms with Crippen LogP contribution in [-0.4, -0.2) is 40.7 Å². The molecular weight excluding hydrogens is 352 g/mol. The van der Waals surface area contributed by atoms with Crippen molar-refractivity contribution in [2.24, 2.45) is 0 Å². The standard InChI is InChI=1S/C10H13BrN4O2S2/c1-16-9(17-2)4-15-10(12-13-14-15)19-6-8-3-7(11)5-18-8/h3,5,9H,4,6H2,1-2H3. The van der Waals surface area contributed by atoms with Gasteiger partial charge in [0.05, 0.1) is 6.54 Å². The van der Waals surface area contributed by atoms with E-state index in [9.17, 15) is 0 Å². The second-order valence-electron chi connectivity index (χ2n) is 3.56. The first-order valence-corrected chi connectivity index (χ1v) is 8.06. The maximum Gasteiger partial charge on any atom is 0.209 e. The Balaban J connectivity index is 1.95. The zero-order valence-electron chi connectivity index (χ0n) is 10.4.